The van der Waals surface area contributed by atoms with Crippen molar-refractivity contribution in [1.29, 1.82) is 0 Å². The van der Waals surface area contributed by atoms with Crippen LogP contribution in [0.1, 0.15) is 12.8 Å². The SMILES string of the molecule is C=CCSC(=C(C(Cl)=C(Cl)Br)[N+](=O)[O-])N1CCC2(CC1)OCCO2. The Morgan fingerprint density at radius 3 is 2.42 bits per heavy atom. The molecule has 0 N–H and O–H groups in total. The molecule has 2 fully saturated rings. The van der Waals surface area contributed by atoms with E-state index in [1.165, 1.54) is 11.8 Å². The summed E-state index contributed by atoms with van der Waals surface area (Å²) in [6, 6.07) is 0. The van der Waals surface area contributed by atoms with Crippen molar-refractivity contribution in [3.63, 3.8) is 0 Å². The number of hydrogen-bond donors (Lipinski definition) is 0. The summed E-state index contributed by atoms with van der Waals surface area (Å²) in [4.78, 5) is 13.0. The number of hydrogen-bond acceptors (Lipinski definition) is 6. The van der Waals surface area contributed by atoms with Gasteiger partial charge in [-0.15, -0.1) is 6.58 Å². The fourth-order valence-corrected chi connectivity index (χ4v) is 4.07. The van der Waals surface area contributed by atoms with Crippen LogP contribution in [0.4, 0.5) is 0 Å². The van der Waals surface area contributed by atoms with Crippen LogP contribution in [-0.4, -0.2) is 47.7 Å². The zero-order valence-corrected chi connectivity index (χ0v) is 16.7. The van der Waals surface area contributed by atoms with Gasteiger partial charge in [-0.05, 0) is 15.9 Å². The van der Waals surface area contributed by atoms with Crippen molar-refractivity contribution in [3.05, 3.63) is 42.5 Å². The van der Waals surface area contributed by atoms with E-state index in [1.807, 2.05) is 4.90 Å². The second-order valence-electron chi connectivity index (χ2n) is 5.18. The first-order valence-corrected chi connectivity index (χ1v) is 9.80. The van der Waals surface area contributed by atoms with Crippen molar-refractivity contribution >= 4 is 50.9 Å². The van der Waals surface area contributed by atoms with E-state index in [4.69, 9.17) is 32.7 Å². The molecule has 2 heterocycles. The minimum Gasteiger partial charge on any atom is -0.360 e. The summed E-state index contributed by atoms with van der Waals surface area (Å²) in [6.45, 7) is 5.98. The average molecular weight is 460 g/mol. The number of rotatable bonds is 6. The van der Waals surface area contributed by atoms with Crippen LogP contribution in [0.25, 0.3) is 0 Å². The Balaban J connectivity index is 2.30. The van der Waals surface area contributed by atoms with Crippen molar-refractivity contribution < 1.29 is 14.4 Å². The first-order valence-electron chi connectivity index (χ1n) is 7.26. The summed E-state index contributed by atoms with van der Waals surface area (Å²) in [5, 5.41) is 11.9. The Morgan fingerprint density at radius 2 is 1.96 bits per heavy atom. The summed E-state index contributed by atoms with van der Waals surface area (Å²) < 4.78 is 11.4. The number of ether oxygens (including phenoxy) is 2. The van der Waals surface area contributed by atoms with Crippen LogP contribution in [-0.2, 0) is 9.47 Å². The molecule has 134 valence electrons. The zero-order valence-electron chi connectivity index (χ0n) is 12.8. The Kier molecular flexibility index (Phi) is 7.45. The third-order valence-electron chi connectivity index (χ3n) is 3.72. The fraction of sp³-hybridized carbons (Fsp3) is 0.571. The molecule has 0 aromatic rings. The lowest BCUT2D eigenvalue weighted by Crippen LogP contribution is -2.44. The Bertz CT molecular complexity index is 565. The lowest BCUT2D eigenvalue weighted by molar-refractivity contribution is -0.421. The van der Waals surface area contributed by atoms with Gasteiger partial charge in [-0.25, -0.2) is 0 Å². The van der Waals surface area contributed by atoms with Gasteiger partial charge < -0.3 is 14.4 Å². The van der Waals surface area contributed by atoms with Gasteiger partial charge in [0.1, 0.15) is 8.97 Å². The summed E-state index contributed by atoms with van der Waals surface area (Å²) in [5.41, 5.74) is -0.213. The first kappa shape index (κ1) is 20.1. The highest BCUT2D eigenvalue weighted by molar-refractivity contribution is 9.12. The molecule has 1 spiro atoms. The predicted octanol–water partition coefficient (Wildman–Crippen LogP) is 4.23. The topological polar surface area (TPSA) is 64.8 Å². The van der Waals surface area contributed by atoms with Crippen molar-refractivity contribution in [2.45, 2.75) is 18.6 Å². The minimum atomic E-state index is -0.549. The van der Waals surface area contributed by atoms with E-state index < -0.39 is 10.7 Å². The van der Waals surface area contributed by atoms with Gasteiger partial charge in [0, 0.05) is 31.7 Å². The summed E-state index contributed by atoms with van der Waals surface area (Å²) in [5.74, 6) is -0.0302. The Morgan fingerprint density at radius 1 is 1.38 bits per heavy atom. The quantitative estimate of drug-likeness (QED) is 0.256. The largest absolute Gasteiger partial charge is 0.360 e. The van der Waals surface area contributed by atoms with E-state index in [0.29, 0.717) is 49.9 Å². The van der Waals surface area contributed by atoms with Crippen LogP contribution in [0.2, 0.25) is 0 Å². The number of thioether (sulfide) groups is 1. The number of halogens is 3. The van der Waals surface area contributed by atoms with Gasteiger partial charge in [-0.2, -0.15) is 0 Å². The molecule has 0 unspecified atom stereocenters. The fourth-order valence-electron chi connectivity index (χ4n) is 2.63. The molecule has 0 aromatic carbocycles. The van der Waals surface area contributed by atoms with Gasteiger partial charge >= 0.3 is 5.70 Å². The highest BCUT2D eigenvalue weighted by Gasteiger charge is 2.41. The van der Waals surface area contributed by atoms with Gasteiger partial charge in [-0.1, -0.05) is 41.0 Å². The maximum Gasteiger partial charge on any atom is 0.319 e. The number of nitrogens with zero attached hydrogens (tertiary/aromatic N) is 2. The number of nitro groups is 1. The van der Waals surface area contributed by atoms with Crippen LogP contribution < -0.4 is 0 Å². The average Bonchev–Trinajstić information content (AvgIpc) is 2.99. The number of likely N-dealkylation sites (tertiary alicyclic amines) is 1. The Hall–Kier alpha value is -0.250. The maximum atomic E-state index is 11.6. The summed E-state index contributed by atoms with van der Waals surface area (Å²) >= 11 is 16.2. The summed E-state index contributed by atoms with van der Waals surface area (Å²) in [7, 11) is 0. The van der Waals surface area contributed by atoms with Crippen LogP contribution >= 0.6 is 50.9 Å². The zero-order chi connectivity index (χ0) is 17.7. The predicted molar refractivity (Wildman–Crippen MR) is 99.8 cm³/mol. The Labute approximate surface area is 163 Å². The normalized spacial score (nSPS) is 22.2. The van der Waals surface area contributed by atoms with Gasteiger partial charge in [0.25, 0.3) is 0 Å². The van der Waals surface area contributed by atoms with E-state index >= 15 is 0 Å². The standard InChI is InChI=1S/C14H17BrCl2N2O4S/c1-2-9-24-13(11(19(20)21)10(16)12(15)17)18-5-3-14(4-6-18)22-7-8-23-14/h2H,1,3-9H2. The lowest BCUT2D eigenvalue weighted by Gasteiger charge is -2.39. The van der Waals surface area contributed by atoms with Crippen LogP contribution in [0.3, 0.4) is 0 Å². The number of piperidine rings is 1. The van der Waals surface area contributed by atoms with Gasteiger partial charge in [0.05, 0.1) is 18.1 Å². The van der Waals surface area contributed by atoms with Crippen LogP contribution in [0, 0.1) is 10.1 Å². The van der Waals surface area contributed by atoms with Crippen molar-refractivity contribution in [3.8, 4) is 0 Å². The van der Waals surface area contributed by atoms with Gasteiger partial charge in [-0.3, -0.25) is 10.1 Å². The second-order valence-corrected chi connectivity index (χ2v) is 8.19. The molecule has 0 amide bonds. The molecule has 6 nitrogen and oxygen atoms in total. The molecule has 0 bridgehead atoms. The van der Waals surface area contributed by atoms with Crippen molar-refractivity contribution in [1.82, 2.24) is 4.90 Å². The molecule has 2 aliphatic rings. The van der Waals surface area contributed by atoms with Crippen molar-refractivity contribution in [2.75, 3.05) is 32.1 Å². The van der Waals surface area contributed by atoms with Gasteiger partial charge in [0.2, 0.25) is 0 Å². The maximum absolute atomic E-state index is 11.6. The lowest BCUT2D eigenvalue weighted by atomic mass is 10.0. The molecule has 0 saturated carbocycles. The molecule has 0 atom stereocenters. The first-order chi connectivity index (χ1) is 11.4. The molecular weight excluding hydrogens is 443 g/mol. The molecule has 2 rings (SSSR count). The molecule has 2 aliphatic heterocycles. The third kappa shape index (κ3) is 4.68. The number of allylic oxidation sites excluding steroid dienone is 1. The van der Waals surface area contributed by atoms with E-state index in [9.17, 15) is 10.1 Å². The molecular formula is C14H17BrCl2N2O4S. The molecule has 2 saturated heterocycles. The molecule has 0 aliphatic carbocycles. The van der Waals surface area contributed by atoms with Gasteiger partial charge in [0.15, 0.2) is 10.8 Å². The highest BCUT2D eigenvalue weighted by Crippen LogP contribution is 2.38. The van der Waals surface area contributed by atoms with E-state index in [2.05, 4.69) is 22.5 Å². The summed E-state index contributed by atoms with van der Waals surface area (Å²) in [6.07, 6.45) is 2.96. The van der Waals surface area contributed by atoms with E-state index in [1.54, 1.807) is 6.08 Å². The third-order valence-corrected chi connectivity index (χ3v) is 6.13. The molecule has 0 aromatic heterocycles. The van der Waals surface area contributed by atoms with E-state index in [0.717, 1.165) is 0 Å². The van der Waals surface area contributed by atoms with Crippen molar-refractivity contribution in [2.24, 2.45) is 0 Å². The smallest absolute Gasteiger partial charge is 0.319 e. The minimum absolute atomic E-state index is 0.00325. The van der Waals surface area contributed by atoms with Crippen LogP contribution in [0.5, 0.6) is 0 Å². The van der Waals surface area contributed by atoms with E-state index in [-0.39, 0.29) is 14.7 Å². The second kappa shape index (κ2) is 8.91. The highest BCUT2D eigenvalue weighted by atomic mass is 79.9. The molecule has 0 radical (unpaired) electrons. The monoisotopic (exact) mass is 458 g/mol. The van der Waals surface area contributed by atoms with Crippen LogP contribution in [0.15, 0.2) is 32.4 Å². The molecule has 24 heavy (non-hydrogen) atoms. The molecule has 10 heteroatoms.